The number of H-pyrrole nitrogens is 1. The summed E-state index contributed by atoms with van der Waals surface area (Å²) in [7, 11) is 0. The predicted octanol–water partition coefficient (Wildman–Crippen LogP) is 4.15. The number of aryl methyl sites for hydroxylation is 2. The molecule has 2 aromatic carbocycles. The van der Waals surface area contributed by atoms with Gasteiger partial charge in [-0.3, -0.25) is 9.78 Å². The molecular weight excluding hydrogens is 452 g/mol. The van der Waals surface area contributed by atoms with Gasteiger partial charge in [0.1, 0.15) is 0 Å². The van der Waals surface area contributed by atoms with Crippen LogP contribution in [0.1, 0.15) is 37.0 Å². The van der Waals surface area contributed by atoms with Gasteiger partial charge in [0.15, 0.2) is 11.5 Å². The molecule has 2 aromatic rings. The molecule has 0 spiro atoms. The summed E-state index contributed by atoms with van der Waals surface area (Å²) >= 11 is 6.08. The first kappa shape index (κ1) is 22.7. The van der Waals surface area contributed by atoms with Crippen molar-refractivity contribution in [3.63, 3.8) is 0 Å². The zero-order valence-electron chi connectivity index (χ0n) is 19.5. The summed E-state index contributed by atoms with van der Waals surface area (Å²) in [5.41, 5.74) is 3.86. The molecule has 0 radical (unpaired) electrons. The number of ether oxygens (including phenoxy) is 1. The Morgan fingerprint density at radius 2 is 1.94 bits per heavy atom. The molecule has 3 unspecified atom stereocenters. The first-order valence-corrected chi connectivity index (χ1v) is 12.0. The van der Waals surface area contributed by atoms with Crippen LogP contribution in [-0.4, -0.2) is 31.7 Å². The van der Waals surface area contributed by atoms with Gasteiger partial charge < -0.3 is 9.30 Å². The summed E-state index contributed by atoms with van der Waals surface area (Å²) in [5, 5.41) is 0.686. The van der Waals surface area contributed by atoms with E-state index in [2.05, 4.69) is 41.8 Å². The molecule has 1 aliphatic carbocycles. The number of nitrogens with one attached hydrogen (secondary N) is 1. The number of nitrogens with zero attached hydrogens (tertiary/aromatic N) is 3. The third kappa shape index (κ3) is 4.50. The van der Waals surface area contributed by atoms with Crippen molar-refractivity contribution in [1.29, 1.82) is 0 Å². The highest BCUT2D eigenvalue weighted by Gasteiger charge is 2.36. The van der Waals surface area contributed by atoms with Crippen molar-refractivity contribution < 1.29 is 4.74 Å². The maximum absolute atomic E-state index is 12.6. The molecule has 1 fully saturated rings. The Hall–Kier alpha value is -3.03. The van der Waals surface area contributed by atoms with Gasteiger partial charge in [-0.05, 0) is 66.6 Å². The number of benzene rings is 2. The van der Waals surface area contributed by atoms with Gasteiger partial charge in [-0.2, -0.15) is 4.98 Å². The van der Waals surface area contributed by atoms with E-state index in [0.717, 1.165) is 35.0 Å². The fourth-order valence-corrected chi connectivity index (χ4v) is 4.65. The summed E-state index contributed by atoms with van der Waals surface area (Å²) in [4.78, 5) is 35.8. The van der Waals surface area contributed by atoms with Crippen LogP contribution >= 0.6 is 11.6 Å². The first-order chi connectivity index (χ1) is 16.3. The molecule has 2 heterocycles. The topological polar surface area (TPSA) is 89.9 Å². The quantitative estimate of drug-likeness (QED) is 0.403. The average molecular weight is 479 g/mol. The largest absolute Gasteiger partial charge is 0.372 e. The minimum absolute atomic E-state index is 0.156. The Labute approximate surface area is 202 Å². The maximum Gasteiger partial charge on any atom is 0.349 e. The number of aromatic amines is 1. The van der Waals surface area contributed by atoms with Crippen LogP contribution < -0.4 is 11.2 Å². The van der Waals surface area contributed by atoms with E-state index in [1.54, 1.807) is 0 Å². The van der Waals surface area contributed by atoms with Gasteiger partial charge in [-0.1, -0.05) is 37.6 Å². The highest BCUT2D eigenvalue weighted by atomic mass is 35.5. The average Bonchev–Trinajstić information content (AvgIpc) is 3.49. The third-order valence-electron chi connectivity index (χ3n) is 6.61. The molecule has 2 aliphatic heterocycles. The molecule has 5 rings (SSSR count). The molecule has 3 atom stereocenters. The molecule has 0 aromatic heterocycles. The lowest BCUT2D eigenvalue weighted by molar-refractivity contribution is 0.0236. The molecular formula is C26H27ClN4O3. The highest BCUT2D eigenvalue weighted by molar-refractivity contribution is 6.30. The van der Waals surface area contributed by atoms with Crippen molar-refractivity contribution in [3.05, 3.63) is 78.9 Å². The van der Waals surface area contributed by atoms with Gasteiger partial charge in [0.05, 0.1) is 29.8 Å². The van der Waals surface area contributed by atoms with Crippen LogP contribution in [0.2, 0.25) is 5.02 Å². The van der Waals surface area contributed by atoms with E-state index in [9.17, 15) is 9.59 Å². The van der Waals surface area contributed by atoms with Crippen LogP contribution in [0.3, 0.4) is 0 Å². The van der Waals surface area contributed by atoms with Crippen molar-refractivity contribution in [3.8, 4) is 11.5 Å². The predicted molar refractivity (Wildman–Crippen MR) is 133 cm³/mol. The minimum atomic E-state index is -0.680. The minimum Gasteiger partial charge on any atom is -0.372 e. The van der Waals surface area contributed by atoms with Crippen LogP contribution in [0.15, 0.2) is 46.0 Å². The molecule has 34 heavy (non-hydrogen) atoms. The lowest BCUT2D eigenvalue weighted by Crippen LogP contribution is -2.32. The summed E-state index contributed by atoms with van der Waals surface area (Å²) in [6, 6.07) is 11.8. The van der Waals surface area contributed by atoms with Crippen LogP contribution in [0.25, 0.3) is 22.6 Å². The zero-order valence-corrected chi connectivity index (χ0v) is 20.2. The van der Waals surface area contributed by atoms with E-state index >= 15 is 0 Å². The smallest absolute Gasteiger partial charge is 0.349 e. The number of fused-ring (bicyclic) bond motifs is 2. The van der Waals surface area contributed by atoms with Crippen molar-refractivity contribution in [2.24, 2.45) is 5.92 Å². The fraction of sp³-hybridized carbons (Fsp3) is 0.385. The van der Waals surface area contributed by atoms with Gasteiger partial charge in [0.25, 0.3) is 5.56 Å². The summed E-state index contributed by atoms with van der Waals surface area (Å²) in [6.07, 6.45) is 2.58. The number of aromatic nitrogens is 4. The second-order valence-corrected chi connectivity index (χ2v) is 9.66. The highest BCUT2D eigenvalue weighted by Crippen LogP contribution is 2.35. The van der Waals surface area contributed by atoms with Gasteiger partial charge in [-0.15, -0.1) is 0 Å². The van der Waals surface area contributed by atoms with Crippen LogP contribution in [0, 0.1) is 12.8 Å². The second-order valence-electron chi connectivity index (χ2n) is 9.23. The first-order valence-electron chi connectivity index (χ1n) is 11.7. The molecule has 0 amide bonds. The van der Waals surface area contributed by atoms with E-state index in [0.29, 0.717) is 29.4 Å². The monoisotopic (exact) mass is 478 g/mol. The van der Waals surface area contributed by atoms with Crippen molar-refractivity contribution in [1.82, 2.24) is 19.5 Å². The summed E-state index contributed by atoms with van der Waals surface area (Å²) in [6.45, 7) is 6.76. The van der Waals surface area contributed by atoms with Gasteiger partial charge in [-0.25, -0.2) is 9.78 Å². The van der Waals surface area contributed by atoms with Crippen LogP contribution in [0.4, 0.5) is 0 Å². The van der Waals surface area contributed by atoms with Crippen molar-refractivity contribution in [2.45, 2.75) is 58.8 Å². The van der Waals surface area contributed by atoms with E-state index < -0.39 is 11.2 Å². The van der Waals surface area contributed by atoms with Gasteiger partial charge >= 0.3 is 5.69 Å². The molecule has 0 bridgehead atoms. The molecule has 3 aliphatic rings. The Kier molecular flexibility index (Phi) is 6.00. The normalized spacial score (nSPS) is 18.5. The molecule has 0 saturated heterocycles. The molecule has 8 heteroatoms. The summed E-state index contributed by atoms with van der Waals surface area (Å²) < 4.78 is 8.40. The number of rotatable bonds is 7. The van der Waals surface area contributed by atoms with Crippen LogP contribution in [0.5, 0.6) is 0 Å². The van der Waals surface area contributed by atoms with E-state index in [4.69, 9.17) is 16.3 Å². The second kappa shape index (κ2) is 8.96. The Morgan fingerprint density at radius 1 is 1.21 bits per heavy atom. The van der Waals surface area contributed by atoms with E-state index in [1.807, 2.05) is 34.9 Å². The van der Waals surface area contributed by atoms with Crippen molar-refractivity contribution in [2.75, 3.05) is 0 Å². The Morgan fingerprint density at radius 3 is 2.62 bits per heavy atom. The number of hydrogen-bond acceptors (Lipinski definition) is 5. The standard InChI is InChI=1S/C26H27ClN4O3/c1-4-17-12-20-21(9-14(17)2)31(24-23(28-20)25(32)30-26(33)29-24)13-19(34-22-10-15(22)3)11-16-5-7-18(27)8-6-16/h5-9,12,15,19,22H,4,10-11,13H2,1-3H3,(H,30,32,33). The van der Waals surface area contributed by atoms with E-state index in [1.165, 1.54) is 0 Å². The summed E-state index contributed by atoms with van der Waals surface area (Å²) in [5.74, 6) is 0.797. The molecule has 1 N–H and O–H groups in total. The maximum atomic E-state index is 12.6. The number of hydrogen-bond donors (Lipinski definition) is 1. The zero-order chi connectivity index (χ0) is 24.0. The van der Waals surface area contributed by atoms with Gasteiger partial charge in [0, 0.05) is 11.4 Å². The molecule has 176 valence electrons. The van der Waals surface area contributed by atoms with Crippen LogP contribution in [-0.2, 0) is 24.1 Å². The fourth-order valence-electron chi connectivity index (χ4n) is 4.52. The SMILES string of the molecule is CCc1cc2nc3c(=O)[nH]c(=O)nc-3n(CC(Cc3ccc(Cl)cc3)OC3CC3C)c2cc1C. The molecule has 7 nitrogen and oxygen atoms in total. The molecule has 1 saturated carbocycles. The third-order valence-corrected chi connectivity index (χ3v) is 6.87. The van der Waals surface area contributed by atoms with Gasteiger partial charge in [0.2, 0.25) is 0 Å². The lowest BCUT2D eigenvalue weighted by Gasteiger charge is -2.24. The lowest BCUT2D eigenvalue weighted by atomic mass is 10.0. The Bertz CT molecular complexity index is 1440. The van der Waals surface area contributed by atoms with Crippen molar-refractivity contribution >= 4 is 22.6 Å². The Balaban J connectivity index is 1.65. The number of halogens is 1. The van der Waals surface area contributed by atoms with E-state index in [-0.39, 0.29) is 23.7 Å².